The largest absolute Gasteiger partial charge is 0.317 e. The van der Waals surface area contributed by atoms with Gasteiger partial charge in [0.05, 0.1) is 5.69 Å². The summed E-state index contributed by atoms with van der Waals surface area (Å²) in [6, 6.07) is 10.3. The number of hydrogen-bond donors (Lipinski definition) is 1. The number of nitrogens with zero attached hydrogens (tertiary/aromatic N) is 3. The first-order valence-electron chi connectivity index (χ1n) is 10.7. The van der Waals surface area contributed by atoms with Crippen molar-refractivity contribution in [2.45, 2.75) is 53.4 Å². The van der Waals surface area contributed by atoms with Gasteiger partial charge in [0.15, 0.2) is 5.82 Å². The van der Waals surface area contributed by atoms with E-state index in [1.165, 1.54) is 33.5 Å². The van der Waals surface area contributed by atoms with E-state index in [0.29, 0.717) is 5.92 Å². The zero-order valence-corrected chi connectivity index (χ0v) is 18.3. The van der Waals surface area contributed by atoms with Crippen LogP contribution in [0.15, 0.2) is 42.7 Å². The minimum Gasteiger partial charge on any atom is -0.317 e. The number of rotatable bonds is 3. The van der Waals surface area contributed by atoms with Gasteiger partial charge in [-0.15, -0.1) is 0 Å². The SMILES string of the molecule is CC.Cc1ccc(-c2cnc(-c3ccccn3)nc2C2CCNCC2)c(C)c1C. The molecule has 152 valence electrons. The van der Waals surface area contributed by atoms with Crippen molar-refractivity contribution < 1.29 is 0 Å². The maximum absolute atomic E-state index is 5.03. The molecule has 0 saturated carbocycles. The fourth-order valence-corrected chi connectivity index (χ4v) is 3.88. The standard InChI is InChI=1S/C23H26N4.C2H6/c1-15-7-8-19(17(3)16(15)2)20-14-26-23(21-6-4-5-11-25-21)27-22(20)18-9-12-24-13-10-18;1-2/h4-8,11,14,18,24H,9-10,12-13H2,1-3H3;1-2H3. The zero-order valence-electron chi connectivity index (χ0n) is 18.3. The Balaban J connectivity index is 0.00000117. The van der Waals surface area contributed by atoms with E-state index in [4.69, 9.17) is 4.98 Å². The minimum atomic E-state index is 0.452. The quantitative estimate of drug-likeness (QED) is 0.632. The van der Waals surface area contributed by atoms with Crippen molar-refractivity contribution in [1.29, 1.82) is 0 Å². The molecule has 0 unspecified atom stereocenters. The summed E-state index contributed by atoms with van der Waals surface area (Å²) in [5, 5.41) is 3.46. The lowest BCUT2D eigenvalue weighted by Crippen LogP contribution is -2.27. The van der Waals surface area contributed by atoms with Crippen molar-refractivity contribution >= 4 is 0 Å². The number of aromatic nitrogens is 3. The Morgan fingerprint density at radius 2 is 1.62 bits per heavy atom. The average Bonchev–Trinajstić information content (AvgIpc) is 2.80. The molecular weight excluding hydrogens is 356 g/mol. The summed E-state index contributed by atoms with van der Waals surface area (Å²) >= 11 is 0. The van der Waals surface area contributed by atoms with E-state index in [1.807, 2.05) is 38.2 Å². The molecule has 1 aromatic carbocycles. The molecule has 1 aliphatic heterocycles. The van der Waals surface area contributed by atoms with E-state index >= 15 is 0 Å². The van der Waals surface area contributed by atoms with Crippen molar-refractivity contribution in [2.75, 3.05) is 13.1 Å². The highest BCUT2D eigenvalue weighted by Crippen LogP contribution is 2.36. The molecule has 0 radical (unpaired) electrons. The van der Waals surface area contributed by atoms with Crippen LogP contribution in [0.5, 0.6) is 0 Å². The van der Waals surface area contributed by atoms with Gasteiger partial charge in [-0.1, -0.05) is 32.0 Å². The van der Waals surface area contributed by atoms with Crippen LogP contribution in [-0.2, 0) is 0 Å². The smallest absolute Gasteiger partial charge is 0.178 e. The molecule has 4 nitrogen and oxygen atoms in total. The maximum atomic E-state index is 5.03. The minimum absolute atomic E-state index is 0.452. The molecule has 0 atom stereocenters. The molecule has 29 heavy (non-hydrogen) atoms. The number of piperidine rings is 1. The van der Waals surface area contributed by atoms with Crippen molar-refractivity contribution in [1.82, 2.24) is 20.3 Å². The molecule has 1 aliphatic rings. The second-order valence-corrected chi connectivity index (χ2v) is 7.41. The Kier molecular flexibility index (Phi) is 7.10. The third kappa shape index (κ3) is 4.54. The van der Waals surface area contributed by atoms with Crippen LogP contribution in [0.3, 0.4) is 0 Å². The fraction of sp³-hybridized carbons (Fsp3) is 0.400. The van der Waals surface area contributed by atoms with E-state index in [1.54, 1.807) is 6.20 Å². The highest BCUT2D eigenvalue weighted by Gasteiger charge is 2.23. The van der Waals surface area contributed by atoms with Gasteiger partial charge in [0, 0.05) is 23.9 Å². The first-order valence-corrected chi connectivity index (χ1v) is 10.7. The van der Waals surface area contributed by atoms with Crippen LogP contribution in [0.2, 0.25) is 0 Å². The third-order valence-corrected chi connectivity index (χ3v) is 5.79. The molecule has 0 bridgehead atoms. The second kappa shape index (κ2) is 9.75. The number of benzene rings is 1. The van der Waals surface area contributed by atoms with E-state index in [0.717, 1.165) is 37.4 Å². The zero-order chi connectivity index (χ0) is 20.8. The molecule has 3 aromatic rings. The molecule has 4 heteroatoms. The van der Waals surface area contributed by atoms with Crippen LogP contribution >= 0.6 is 0 Å². The monoisotopic (exact) mass is 388 g/mol. The Morgan fingerprint density at radius 3 is 2.31 bits per heavy atom. The van der Waals surface area contributed by atoms with Crippen LogP contribution in [0, 0.1) is 20.8 Å². The lowest BCUT2D eigenvalue weighted by Gasteiger charge is -2.25. The normalized spacial score (nSPS) is 14.2. The van der Waals surface area contributed by atoms with Crippen LogP contribution in [0.1, 0.15) is 55.0 Å². The summed E-state index contributed by atoms with van der Waals surface area (Å²) < 4.78 is 0. The second-order valence-electron chi connectivity index (χ2n) is 7.41. The first kappa shape index (κ1) is 21.1. The van der Waals surface area contributed by atoms with Crippen LogP contribution < -0.4 is 5.32 Å². The van der Waals surface area contributed by atoms with Gasteiger partial charge in [0.2, 0.25) is 0 Å². The first-order chi connectivity index (χ1) is 14.1. The Labute approximate surface area is 174 Å². The molecule has 1 fully saturated rings. The molecule has 2 aromatic heterocycles. The van der Waals surface area contributed by atoms with E-state index < -0.39 is 0 Å². The predicted molar refractivity (Wildman–Crippen MR) is 121 cm³/mol. The van der Waals surface area contributed by atoms with Gasteiger partial charge >= 0.3 is 0 Å². The molecule has 0 aliphatic carbocycles. The maximum Gasteiger partial charge on any atom is 0.178 e. The topological polar surface area (TPSA) is 50.7 Å². The molecule has 1 saturated heterocycles. The van der Waals surface area contributed by atoms with Crippen LogP contribution in [0.4, 0.5) is 0 Å². The van der Waals surface area contributed by atoms with E-state index in [2.05, 4.69) is 48.2 Å². The predicted octanol–water partition coefficient (Wildman–Crippen LogP) is 5.62. The van der Waals surface area contributed by atoms with Crippen molar-refractivity contribution in [3.8, 4) is 22.6 Å². The van der Waals surface area contributed by atoms with Gasteiger partial charge < -0.3 is 5.32 Å². The van der Waals surface area contributed by atoms with Gasteiger partial charge in [0.1, 0.15) is 5.69 Å². The summed E-state index contributed by atoms with van der Waals surface area (Å²) in [7, 11) is 0. The lowest BCUT2D eigenvalue weighted by molar-refractivity contribution is 0.454. The molecule has 0 spiro atoms. The Bertz CT molecular complexity index is 945. The summed E-state index contributed by atoms with van der Waals surface area (Å²) in [5.41, 5.74) is 8.40. The van der Waals surface area contributed by atoms with Gasteiger partial charge in [0.25, 0.3) is 0 Å². The summed E-state index contributed by atoms with van der Waals surface area (Å²) in [6.45, 7) is 12.6. The Hall–Kier alpha value is -2.59. The average molecular weight is 389 g/mol. The van der Waals surface area contributed by atoms with E-state index in [9.17, 15) is 0 Å². The lowest BCUT2D eigenvalue weighted by atomic mass is 9.87. The van der Waals surface area contributed by atoms with Crippen molar-refractivity contribution in [2.24, 2.45) is 0 Å². The summed E-state index contributed by atoms with van der Waals surface area (Å²) in [5.74, 6) is 1.17. The van der Waals surface area contributed by atoms with Crippen LogP contribution in [0.25, 0.3) is 22.6 Å². The summed E-state index contributed by atoms with van der Waals surface area (Å²) in [4.78, 5) is 14.2. The number of hydrogen-bond acceptors (Lipinski definition) is 4. The van der Waals surface area contributed by atoms with Gasteiger partial charge in [-0.2, -0.15) is 0 Å². The van der Waals surface area contributed by atoms with Gasteiger partial charge in [-0.25, -0.2) is 9.97 Å². The number of aryl methyl sites for hydroxylation is 1. The van der Waals surface area contributed by atoms with Crippen molar-refractivity contribution in [3.63, 3.8) is 0 Å². The molecule has 0 amide bonds. The number of nitrogens with one attached hydrogen (secondary N) is 1. The molecule has 3 heterocycles. The highest BCUT2D eigenvalue weighted by molar-refractivity contribution is 5.72. The van der Waals surface area contributed by atoms with Crippen LogP contribution in [-0.4, -0.2) is 28.0 Å². The Morgan fingerprint density at radius 1 is 0.862 bits per heavy atom. The fourth-order valence-electron chi connectivity index (χ4n) is 3.88. The number of pyridine rings is 1. The van der Waals surface area contributed by atoms with E-state index in [-0.39, 0.29) is 0 Å². The third-order valence-electron chi connectivity index (χ3n) is 5.79. The summed E-state index contributed by atoms with van der Waals surface area (Å²) in [6.07, 6.45) is 6.01. The molecular formula is C25H32N4. The van der Waals surface area contributed by atoms with Crippen molar-refractivity contribution in [3.05, 3.63) is 65.1 Å². The molecule has 4 rings (SSSR count). The molecule has 1 N–H and O–H groups in total. The highest BCUT2D eigenvalue weighted by atomic mass is 14.9. The van der Waals surface area contributed by atoms with Gasteiger partial charge in [-0.3, -0.25) is 4.98 Å². The van der Waals surface area contributed by atoms with Gasteiger partial charge in [-0.05, 0) is 81.1 Å².